The Morgan fingerprint density at radius 2 is 1.95 bits per heavy atom. The van der Waals surface area contributed by atoms with Crippen LogP contribution in [0.5, 0.6) is 5.75 Å². The molecule has 4 heterocycles. The molecule has 1 fully saturated rings. The molecule has 1 aliphatic rings. The standard InChI is InChI=1S/C24H32F3N5O4SSi/c1-17-16-35-13-12-31(17)21-15-20(36-37(33,34)24(25,26)27)18-7-9-28-23(22(18)30-21)19-8-10-29-32(19)11-5-6-14-38(2,3)4/h7-10,15,17H,5-6,11-14,16H2,1-4H3/t17-/m1/s1. The van der Waals surface area contributed by atoms with Crippen molar-refractivity contribution in [3.05, 3.63) is 30.6 Å². The monoisotopic (exact) mass is 571 g/mol. The Bertz CT molecular complexity index is 1390. The van der Waals surface area contributed by atoms with Crippen molar-refractivity contribution in [1.82, 2.24) is 19.7 Å². The lowest BCUT2D eigenvalue weighted by molar-refractivity contribution is -0.0499. The van der Waals surface area contributed by atoms with Gasteiger partial charge in [-0.25, -0.2) is 4.98 Å². The van der Waals surface area contributed by atoms with Gasteiger partial charge in [0.2, 0.25) is 0 Å². The smallest absolute Gasteiger partial charge is 0.377 e. The molecule has 38 heavy (non-hydrogen) atoms. The van der Waals surface area contributed by atoms with Crippen LogP contribution in [0.1, 0.15) is 19.8 Å². The number of ether oxygens (including phenoxy) is 1. The molecule has 14 heteroatoms. The van der Waals surface area contributed by atoms with Gasteiger partial charge >= 0.3 is 15.6 Å². The number of alkyl halides is 3. The van der Waals surface area contributed by atoms with Gasteiger partial charge in [0.25, 0.3) is 0 Å². The van der Waals surface area contributed by atoms with Gasteiger partial charge in [-0.05, 0) is 25.5 Å². The largest absolute Gasteiger partial charge is 0.534 e. The lowest BCUT2D eigenvalue weighted by atomic mass is 10.1. The summed E-state index contributed by atoms with van der Waals surface area (Å²) in [6, 6.07) is 5.43. The summed E-state index contributed by atoms with van der Waals surface area (Å²) in [4.78, 5) is 11.1. The Morgan fingerprint density at radius 3 is 2.63 bits per heavy atom. The van der Waals surface area contributed by atoms with E-state index in [9.17, 15) is 21.6 Å². The summed E-state index contributed by atoms with van der Waals surface area (Å²) in [7, 11) is -7.08. The molecule has 1 atom stereocenters. The maximum absolute atomic E-state index is 13.2. The molecular weight excluding hydrogens is 539 g/mol. The molecule has 0 saturated carbocycles. The van der Waals surface area contributed by atoms with Crippen molar-refractivity contribution in [1.29, 1.82) is 0 Å². The summed E-state index contributed by atoms with van der Waals surface area (Å²) in [5, 5.41) is 4.53. The normalized spacial score (nSPS) is 17.2. The minimum Gasteiger partial charge on any atom is -0.377 e. The molecule has 0 bridgehead atoms. The molecule has 208 valence electrons. The van der Waals surface area contributed by atoms with E-state index in [1.165, 1.54) is 24.4 Å². The average Bonchev–Trinajstić information content (AvgIpc) is 3.28. The predicted molar refractivity (Wildman–Crippen MR) is 141 cm³/mol. The van der Waals surface area contributed by atoms with Crippen molar-refractivity contribution < 1.29 is 30.5 Å². The molecular formula is C24H32F3N5O4SSi. The van der Waals surface area contributed by atoms with Crippen LogP contribution in [0.25, 0.3) is 22.3 Å². The Hall–Kier alpha value is -2.71. The van der Waals surface area contributed by atoms with Crippen LogP contribution in [0.3, 0.4) is 0 Å². The maximum atomic E-state index is 13.2. The summed E-state index contributed by atoms with van der Waals surface area (Å²) < 4.78 is 75.6. The van der Waals surface area contributed by atoms with E-state index >= 15 is 0 Å². The van der Waals surface area contributed by atoms with Gasteiger partial charge in [0.15, 0.2) is 5.75 Å². The molecule has 0 unspecified atom stereocenters. The highest BCUT2D eigenvalue weighted by Gasteiger charge is 2.49. The average molecular weight is 572 g/mol. The highest BCUT2D eigenvalue weighted by Crippen LogP contribution is 2.37. The number of halogens is 3. The minimum absolute atomic E-state index is 0.0963. The van der Waals surface area contributed by atoms with Crippen molar-refractivity contribution in [2.75, 3.05) is 24.7 Å². The van der Waals surface area contributed by atoms with Crippen molar-refractivity contribution in [2.24, 2.45) is 0 Å². The Balaban J connectivity index is 1.80. The minimum atomic E-state index is -5.91. The summed E-state index contributed by atoms with van der Waals surface area (Å²) in [6.07, 6.45) is 4.99. The topological polar surface area (TPSA) is 99.4 Å². The van der Waals surface area contributed by atoms with Gasteiger partial charge in [-0.1, -0.05) is 32.1 Å². The van der Waals surface area contributed by atoms with Crippen LogP contribution >= 0.6 is 0 Å². The fraction of sp³-hybridized carbons (Fsp3) is 0.542. The Kier molecular flexibility index (Phi) is 8.05. The van der Waals surface area contributed by atoms with Crippen LogP contribution < -0.4 is 9.08 Å². The van der Waals surface area contributed by atoms with Gasteiger partial charge < -0.3 is 13.8 Å². The number of aryl methyl sites for hydroxylation is 1. The van der Waals surface area contributed by atoms with Crippen LogP contribution in [-0.2, 0) is 21.4 Å². The van der Waals surface area contributed by atoms with Crippen molar-refractivity contribution >= 4 is 34.9 Å². The van der Waals surface area contributed by atoms with E-state index in [0.717, 1.165) is 12.8 Å². The van der Waals surface area contributed by atoms with E-state index in [2.05, 4.69) is 33.9 Å². The third-order valence-corrected chi connectivity index (χ3v) is 9.15. The molecule has 1 saturated heterocycles. The molecule has 0 N–H and O–H groups in total. The van der Waals surface area contributed by atoms with Gasteiger partial charge in [-0.2, -0.15) is 26.7 Å². The molecule has 0 aliphatic carbocycles. The number of anilines is 1. The third kappa shape index (κ3) is 6.29. The molecule has 0 radical (unpaired) electrons. The Morgan fingerprint density at radius 1 is 1.18 bits per heavy atom. The summed E-state index contributed by atoms with van der Waals surface area (Å²) in [5.41, 5.74) is -4.35. The molecule has 4 rings (SSSR count). The zero-order chi connectivity index (χ0) is 27.7. The first-order valence-electron chi connectivity index (χ1n) is 12.4. The van der Waals surface area contributed by atoms with E-state index in [-0.39, 0.29) is 22.8 Å². The van der Waals surface area contributed by atoms with E-state index in [0.29, 0.717) is 37.7 Å². The number of rotatable bonds is 9. The van der Waals surface area contributed by atoms with Crippen LogP contribution in [0.4, 0.5) is 19.0 Å². The molecule has 0 spiro atoms. The van der Waals surface area contributed by atoms with Gasteiger partial charge in [-0.3, -0.25) is 9.67 Å². The lowest BCUT2D eigenvalue weighted by Gasteiger charge is -2.34. The SMILES string of the molecule is C[C@@H]1COCCN1c1cc(OS(=O)(=O)C(F)(F)F)c2ccnc(-c3ccnn3CCCC[Si](C)(C)C)c2n1. The molecule has 1 aliphatic heterocycles. The van der Waals surface area contributed by atoms with Gasteiger partial charge in [-0.15, -0.1) is 0 Å². The van der Waals surface area contributed by atoms with Crippen molar-refractivity contribution in [2.45, 2.75) is 63.5 Å². The number of hydrogen-bond acceptors (Lipinski definition) is 8. The fourth-order valence-electron chi connectivity index (χ4n) is 4.37. The van der Waals surface area contributed by atoms with E-state index in [1.807, 2.05) is 11.8 Å². The first kappa shape index (κ1) is 28.3. The predicted octanol–water partition coefficient (Wildman–Crippen LogP) is 5.07. The van der Waals surface area contributed by atoms with Gasteiger partial charge in [0.1, 0.15) is 17.0 Å². The zero-order valence-corrected chi connectivity index (χ0v) is 23.6. The number of unbranched alkanes of at least 4 members (excludes halogenated alkanes) is 1. The van der Waals surface area contributed by atoms with Gasteiger partial charge in [0.05, 0.1) is 24.9 Å². The third-order valence-electron chi connectivity index (χ3n) is 6.33. The van der Waals surface area contributed by atoms with E-state index < -0.39 is 29.4 Å². The van der Waals surface area contributed by atoms with E-state index in [4.69, 9.17) is 9.72 Å². The van der Waals surface area contributed by atoms with Gasteiger partial charge in [0, 0.05) is 45.0 Å². The highest BCUT2D eigenvalue weighted by molar-refractivity contribution is 7.88. The summed E-state index contributed by atoms with van der Waals surface area (Å²) in [5.74, 6) is -0.193. The number of morpholine rings is 1. The molecule has 3 aromatic heterocycles. The summed E-state index contributed by atoms with van der Waals surface area (Å²) in [6.45, 7) is 10.7. The van der Waals surface area contributed by atoms with Crippen molar-refractivity contribution in [3.63, 3.8) is 0 Å². The van der Waals surface area contributed by atoms with Crippen molar-refractivity contribution in [3.8, 4) is 17.1 Å². The number of hydrogen-bond donors (Lipinski definition) is 0. The second-order valence-corrected chi connectivity index (χ2v) is 17.8. The summed E-state index contributed by atoms with van der Waals surface area (Å²) >= 11 is 0. The maximum Gasteiger partial charge on any atom is 0.534 e. The van der Waals surface area contributed by atoms with Crippen LogP contribution in [0.2, 0.25) is 25.7 Å². The second-order valence-electron chi connectivity index (χ2n) is 10.6. The van der Waals surface area contributed by atoms with Crippen LogP contribution in [0, 0.1) is 0 Å². The molecule has 0 amide bonds. The lowest BCUT2D eigenvalue weighted by Crippen LogP contribution is -2.44. The van der Waals surface area contributed by atoms with Crippen LogP contribution in [-0.4, -0.2) is 67.5 Å². The fourth-order valence-corrected chi connectivity index (χ4v) is 6.15. The number of fused-ring (bicyclic) bond motifs is 1. The van der Waals surface area contributed by atoms with E-state index in [1.54, 1.807) is 16.9 Å². The first-order valence-corrected chi connectivity index (χ1v) is 17.6. The number of pyridine rings is 2. The first-order chi connectivity index (χ1) is 17.8. The molecule has 3 aromatic rings. The highest BCUT2D eigenvalue weighted by atomic mass is 32.2. The number of nitrogens with zero attached hydrogens (tertiary/aromatic N) is 5. The second kappa shape index (κ2) is 10.8. The van der Waals surface area contributed by atoms with Crippen LogP contribution in [0.15, 0.2) is 30.6 Å². The molecule has 0 aromatic carbocycles. The number of aromatic nitrogens is 4. The Labute approximate surface area is 221 Å². The molecule has 9 nitrogen and oxygen atoms in total. The quantitative estimate of drug-likeness (QED) is 0.152. The zero-order valence-electron chi connectivity index (χ0n) is 21.8.